The molecule has 0 fully saturated rings. The van der Waals surface area contributed by atoms with E-state index < -0.39 is 5.92 Å². The highest BCUT2D eigenvalue weighted by molar-refractivity contribution is 5.28. The number of aryl methyl sites for hydroxylation is 2. The fraction of sp³-hybridized carbons (Fsp3) is 0.250. The minimum absolute atomic E-state index is 0.0775. The van der Waals surface area contributed by atoms with Gasteiger partial charge in [-0.2, -0.15) is 0 Å². The first kappa shape index (κ1) is 12.7. The molecular formula is C16H16F2. The number of alkyl halides is 2. The van der Waals surface area contributed by atoms with Crippen LogP contribution in [0.4, 0.5) is 8.78 Å². The Bertz CT molecular complexity index is 510. The Morgan fingerprint density at radius 2 is 1.22 bits per heavy atom. The van der Waals surface area contributed by atoms with Crippen LogP contribution in [-0.4, -0.2) is 0 Å². The number of benzene rings is 2. The van der Waals surface area contributed by atoms with Crippen molar-refractivity contribution in [1.82, 2.24) is 0 Å². The Balaban J connectivity index is 2.20. The highest BCUT2D eigenvalue weighted by Crippen LogP contribution is 2.32. The third-order valence-electron chi connectivity index (χ3n) is 3.02. The molecule has 0 nitrogen and oxygen atoms in total. The Morgan fingerprint density at radius 1 is 0.778 bits per heavy atom. The summed E-state index contributed by atoms with van der Waals surface area (Å²) in [5.74, 6) is -2.82. The van der Waals surface area contributed by atoms with Crippen molar-refractivity contribution >= 4 is 0 Å². The predicted octanol–water partition coefficient (Wildman–Crippen LogP) is 4.64. The fourth-order valence-electron chi connectivity index (χ4n) is 1.86. The zero-order chi connectivity index (χ0) is 13.2. The summed E-state index contributed by atoms with van der Waals surface area (Å²) in [5.41, 5.74) is 2.81. The maximum atomic E-state index is 14.1. The minimum atomic E-state index is -2.82. The van der Waals surface area contributed by atoms with Gasteiger partial charge in [0.15, 0.2) is 0 Å². The molecule has 18 heavy (non-hydrogen) atoms. The lowest BCUT2D eigenvalue weighted by Gasteiger charge is -2.17. The van der Waals surface area contributed by atoms with Crippen molar-refractivity contribution in [3.8, 4) is 0 Å². The summed E-state index contributed by atoms with van der Waals surface area (Å²) in [6, 6.07) is 13.7. The molecule has 2 heteroatoms. The maximum Gasteiger partial charge on any atom is 0.277 e. The Morgan fingerprint density at radius 3 is 1.72 bits per heavy atom. The van der Waals surface area contributed by atoms with Crippen LogP contribution in [0.15, 0.2) is 48.5 Å². The third-order valence-corrected chi connectivity index (χ3v) is 3.02. The highest BCUT2D eigenvalue weighted by Gasteiger charge is 2.31. The lowest BCUT2D eigenvalue weighted by molar-refractivity contribution is -0.00383. The van der Waals surface area contributed by atoms with E-state index in [4.69, 9.17) is 0 Å². The molecule has 2 rings (SSSR count). The van der Waals surface area contributed by atoms with Crippen molar-refractivity contribution in [2.45, 2.75) is 26.2 Å². The molecule has 0 spiro atoms. The first-order chi connectivity index (χ1) is 8.47. The van der Waals surface area contributed by atoms with E-state index >= 15 is 0 Å². The number of hydrogen-bond acceptors (Lipinski definition) is 0. The first-order valence-electron chi connectivity index (χ1n) is 5.98. The van der Waals surface area contributed by atoms with Gasteiger partial charge in [0, 0.05) is 12.0 Å². The average molecular weight is 246 g/mol. The summed E-state index contributed by atoms with van der Waals surface area (Å²) < 4.78 is 28.1. The van der Waals surface area contributed by atoms with E-state index in [0.717, 1.165) is 11.1 Å². The molecule has 0 amide bonds. The Labute approximate surface area is 106 Å². The quantitative estimate of drug-likeness (QED) is 0.740. The van der Waals surface area contributed by atoms with E-state index in [1.165, 1.54) is 12.1 Å². The van der Waals surface area contributed by atoms with Crippen molar-refractivity contribution in [3.63, 3.8) is 0 Å². The largest absolute Gasteiger partial charge is 0.277 e. The molecule has 0 saturated heterocycles. The normalized spacial score (nSPS) is 11.6. The van der Waals surface area contributed by atoms with Crippen molar-refractivity contribution < 1.29 is 8.78 Å². The second-order valence-corrected chi connectivity index (χ2v) is 4.73. The highest BCUT2D eigenvalue weighted by atomic mass is 19.3. The molecule has 94 valence electrons. The van der Waals surface area contributed by atoms with Crippen LogP contribution < -0.4 is 0 Å². The molecule has 0 atom stereocenters. The molecule has 0 aliphatic carbocycles. The summed E-state index contributed by atoms with van der Waals surface area (Å²) in [6.07, 6.45) is -0.254. The molecule has 0 saturated carbocycles. The van der Waals surface area contributed by atoms with Gasteiger partial charge >= 0.3 is 0 Å². The average Bonchev–Trinajstić information content (AvgIpc) is 2.32. The third kappa shape index (κ3) is 2.95. The predicted molar refractivity (Wildman–Crippen MR) is 70.0 cm³/mol. The van der Waals surface area contributed by atoms with Gasteiger partial charge in [0.1, 0.15) is 0 Å². The fourth-order valence-corrected chi connectivity index (χ4v) is 1.86. The zero-order valence-electron chi connectivity index (χ0n) is 10.6. The first-order valence-corrected chi connectivity index (χ1v) is 5.98. The molecule has 0 aliphatic heterocycles. The molecule has 0 bridgehead atoms. The van der Waals surface area contributed by atoms with Crippen LogP contribution in [0.2, 0.25) is 0 Å². The van der Waals surface area contributed by atoms with E-state index in [1.807, 2.05) is 26.0 Å². The monoisotopic (exact) mass is 246 g/mol. The molecule has 0 heterocycles. The molecule has 2 aromatic carbocycles. The molecule has 0 aliphatic rings. The molecule has 0 aromatic heterocycles. The van der Waals surface area contributed by atoms with Gasteiger partial charge in [-0.05, 0) is 19.4 Å². The summed E-state index contributed by atoms with van der Waals surface area (Å²) in [6.45, 7) is 3.84. The Kier molecular flexibility index (Phi) is 3.46. The van der Waals surface area contributed by atoms with Crippen molar-refractivity contribution in [1.29, 1.82) is 0 Å². The van der Waals surface area contributed by atoms with Gasteiger partial charge in [-0.1, -0.05) is 59.7 Å². The van der Waals surface area contributed by atoms with Crippen molar-refractivity contribution in [2.24, 2.45) is 0 Å². The van der Waals surface area contributed by atoms with Crippen LogP contribution in [-0.2, 0) is 12.3 Å². The second-order valence-electron chi connectivity index (χ2n) is 4.73. The molecule has 2 aromatic rings. The lowest BCUT2D eigenvalue weighted by atomic mass is 9.99. The van der Waals surface area contributed by atoms with Crippen LogP contribution in [0.1, 0.15) is 22.3 Å². The van der Waals surface area contributed by atoms with Gasteiger partial charge in [-0.15, -0.1) is 0 Å². The van der Waals surface area contributed by atoms with Crippen molar-refractivity contribution in [2.75, 3.05) is 0 Å². The summed E-state index contributed by atoms with van der Waals surface area (Å²) in [4.78, 5) is 0. The van der Waals surface area contributed by atoms with Gasteiger partial charge < -0.3 is 0 Å². The maximum absolute atomic E-state index is 14.1. The van der Waals surface area contributed by atoms with Gasteiger partial charge in [-0.25, -0.2) is 8.78 Å². The van der Waals surface area contributed by atoms with Crippen LogP contribution in [0, 0.1) is 13.8 Å². The number of hydrogen-bond donors (Lipinski definition) is 0. The molecular weight excluding hydrogens is 230 g/mol. The van der Waals surface area contributed by atoms with E-state index in [-0.39, 0.29) is 12.0 Å². The lowest BCUT2D eigenvalue weighted by Crippen LogP contribution is -2.16. The van der Waals surface area contributed by atoms with E-state index in [9.17, 15) is 8.78 Å². The van der Waals surface area contributed by atoms with Gasteiger partial charge in [0.05, 0.1) is 0 Å². The summed E-state index contributed by atoms with van der Waals surface area (Å²) in [5, 5.41) is 0. The van der Waals surface area contributed by atoms with Crippen LogP contribution in [0.3, 0.4) is 0 Å². The molecule has 0 N–H and O–H groups in total. The van der Waals surface area contributed by atoms with Crippen LogP contribution in [0.5, 0.6) is 0 Å². The van der Waals surface area contributed by atoms with Gasteiger partial charge in [0.25, 0.3) is 5.92 Å². The van der Waals surface area contributed by atoms with Crippen LogP contribution >= 0.6 is 0 Å². The minimum Gasteiger partial charge on any atom is -0.201 e. The Hall–Kier alpha value is -1.70. The van der Waals surface area contributed by atoms with Crippen LogP contribution in [0.25, 0.3) is 0 Å². The van der Waals surface area contributed by atoms with Gasteiger partial charge in [0.2, 0.25) is 0 Å². The standard InChI is InChI=1S/C16H16F2/c1-12-3-7-14(8-4-12)11-16(17,18)15-9-5-13(2)6-10-15/h3-10H,11H2,1-2H3. The molecule has 0 radical (unpaired) electrons. The van der Waals surface area contributed by atoms with E-state index in [0.29, 0.717) is 5.56 Å². The zero-order valence-corrected chi connectivity index (χ0v) is 10.6. The molecule has 0 unspecified atom stereocenters. The van der Waals surface area contributed by atoms with E-state index in [2.05, 4.69) is 0 Å². The van der Waals surface area contributed by atoms with Gasteiger partial charge in [-0.3, -0.25) is 0 Å². The second kappa shape index (κ2) is 4.89. The van der Waals surface area contributed by atoms with E-state index in [1.54, 1.807) is 24.3 Å². The number of halogens is 2. The smallest absolute Gasteiger partial charge is 0.201 e. The SMILES string of the molecule is Cc1ccc(CC(F)(F)c2ccc(C)cc2)cc1. The topological polar surface area (TPSA) is 0 Å². The summed E-state index contributed by atoms with van der Waals surface area (Å²) in [7, 11) is 0. The summed E-state index contributed by atoms with van der Waals surface area (Å²) >= 11 is 0. The van der Waals surface area contributed by atoms with Crippen molar-refractivity contribution in [3.05, 3.63) is 70.8 Å². The number of rotatable bonds is 3.